The van der Waals surface area contributed by atoms with Gasteiger partial charge >= 0.3 is 0 Å². The number of carbonyl (C=O) groups is 1. The van der Waals surface area contributed by atoms with E-state index in [0.717, 1.165) is 6.54 Å². The molecular formula is C17H24N2OS. The molecule has 0 unspecified atom stereocenters. The largest absolute Gasteiger partial charge is 0.338 e. The monoisotopic (exact) mass is 304 g/mol. The predicted octanol–water partition coefficient (Wildman–Crippen LogP) is 2.69. The number of hydrogen-bond donors (Lipinski definition) is 1. The number of thioether (sulfide) groups is 1. The van der Waals surface area contributed by atoms with Crippen LogP contribution >= 0.6 is 11.8 Å². The Hall–Kier alpha value is -1.00. The van der Waals surface area contributed by atoms with E-state index >= 15 is 0 Å². The standard InChI is InChI=1S/C17H24N2OS/c1-19-16(20)10-14(11-18-15-8-5-9-21-12-15)17(19)13-6-3-2-4-7-13/h2-4,6-7,14-15,17-18H,5,8-12H2,1H3/t14-,15+,17+/m1/s1. The molecule has 0 bridgehead atoms. The summed E-state index contributed by atoms with van der Waals surface area (Å²) in [6.07, 6.45) is 3.26. The van der Waals surface area contributed by atoms with Gasteiger partial charge in [-0.15, -0.1) is 0 Å². The molecule has 2 saturated heterocycles. The van der Waals surface area contributed by atoms with Crippen molar-refractivity contribution in [3.05, 3.63) is 35.9 Å². The number of nitrogens with zero attached hydrogens (tertiary/aromatic N) is 1. The molecule has 2 fully saturated rings. The highest BCUT2D eigenvalue weighted by Gasteiger charge is 2.38. The topological polar surface area (TPSA) is 32.3 Å². The van der Waals surface area contributed by atoms with Crippen LogP contribution in [0.25, 0.3) is 0 Å². The number of benzene rings is 1. The Kier molecular flexibility index (Phi) is 4.86. The number of amides is 1. The van der Waals surface area contributed by atoms with Crippen molar-refractivity contribution < 1.29 is 4.79 Å². The molecule has 0 spiro atoms. The van der Waals surface area contributed by atoms with Crippen LogP contribution in [0.15, 0.2) is 30.3 Å². The number of rotatable bonds is 4. The first-order valence-corrected chi connectivity index (χ1v) is 9.03. The normalized spacial score (nSPS) is 29.9. The molecule has 1 aromatic rings. The summed E-state index contributed by atoms with van der Waals surface area (Å²) in [7, 11) is 1.94. The fraction of sp³-hybridized carbons (Fsp3) is 0.588. The number of nitrogens with one attached hydrogen (secondary N) is 1. The zero-order valence-electron chi connectivity index (χ0n) is 12.6. The fourth-order valence-corrected chi connectivity index (χ4v) is 4.61. The first-order valence-electron chi connectivity index (χ1n) is 7.87. The van der Waals surface area contributed by atoms with Crippen molar-refractivity contribution in [1.29, 1.82) is 0 Å². The van der Waals surface area contributed by atoms with Crippen molar-refractivity contribution in [2.75, 3.05) is 25.1 Å². The average Bonchev–Trinajstić information content (AvgIpc) is 2.82. The van der Waals surface area contributed by atoms with E-state index in [-0.39, 0.29) is 11.9 Å². The second kappa shape index (κ2) is 6.84. The molecule has 3 nitrogen and oxygen atoms in total. The molecule has 0 radical (unpaired) electrons. The third-order valence-electron chi connectivity index (χ3n) is 4.66. The summed E-state index contributed by atoms with van der Waals surface area (Å²) in [6.45, 7) is 0.945. The third-order valence-corrected chi connectivity index (χ3v) is 5.88. The molecule has 114 valence electrons. The zero-order valence-corrected chi connectivity index (χ0v) is 13.4. The van der Waals surface area contributed by atoms with Crippen LogP contribution in [0.5, 0.6) is 0 Å². The van der Waals surface area contributed by atoms with Crippen LogP contribution in [0.3, 0.4) is 0 Å². The van der Waals surface area contributed by atoms with E-state index in [4.69, 9.17) is 0 Å². The number of carbonyl (C=O) groups excluding carboxylic acids is 1. The van der Waals surface area contributed by atoms with E-state index in [1.54, 1.807) is 0 Å². The fourth-order valence-electron chi connectivity index (χ4n) is 3.50. The Morgan fingerprint density at radius 2 is 2.14 bits per heavy atom. The van der Waals surface area contributed by atoms with E-state index < -0.39 is 0 Å². The average molecular weight is 304 g/mol. The lowest BCUT2D eigenvalue weighted by atomic mass is 9.93. The molecule has 3 rings (SSSR count). The van der Waals surface area contributed by atoms with Gasteiger partial charge in [-0.3, -0.25) is 4.79 Å². The molecule has 0 aliphatic carbocycles. The maximum absolute atomic E-state index is 12.1. The lowest BCUT2D eigenvalue weighted by Crippen LogP contribution is -2.38. The smallest absolute Gasteiger partial charge is 0.223 e. The Bertz CT molecular complexity index is 473. The van der Waals surface area contributed by atoms with Crippen molar-refractivity contribution in [3.8, 4) is 0 Å². The molecule has 1 N–H and O–H groups in total. The zero-order chi connectivity index (χ0) is 14.7. The van der Waals surface area contributed by atoms with Crippen LogP contribution in [0.1, 0.15) is 30.9 Å². The first-order chi connectivity index (χ1) is 10.3. The van der Waals surface area contributed by atoms with Gasteiger partial charge < -0.3 is 10.2 Å². The van der Waals surface area contributed by atoms with E-state index in [2.05, 4.69) is 29.6 Å². The van der Waals surface area contributed by atoms with Crippen LogP contribution in [-0.2, 0) is 4.79 Å². The molecule has 3 atom stereocenters. The molecule has 2 aliphatic rings. The van der Waals surface area contributed by atoms with Crippen LogP contribution < -0.4 is 5.32 Å². The summed E-state index contributed by atoms with van der Waals surface area (Å²) < 4.78 is 0. The summed E-state index contributed by atoms with van der Waals surface area (Å²) >= 11 is 2.04. The Morgan fingerprint density at radius 3 is 2.86 bits per heavy atom. The van der Waals surface area contributed by atoms with Gasteiger partial charge in [-0.25, -0.2) is 0 Å². The summed E-state index contributed by atoms with van der Waals surface area (Å²) in [4.78, 5) is 14.0. The molecule has 0 saturated carbocycles. The molecule has 2 aliphatic heterocycles. The minimum Gasteiger partial charge on any atom is -0.338 e. The highest BCUT2D eigenvalue weighted by Crippen LogP contribution is 2.36. The van der Waals surface area contributed by atoms with Crippen LogP contribution in [0.2, 0.25) is 0 Å². The van der Waals surface area contributed by atoms with E-state index in [1.807, 2.05) is 29.8 Å². The van der Waals surface area contributed by atoms with E-state index in [1.165, 1.54) is 29.9 Å². The molecule has 2 heterocycles. The van der Waals surface area contributed by atoms with Crippen molar-refractivity contribution >= 4 is 17.7 Å². The van der Waals surface area contributed by atoms with Gasteiger partial charge in [0.1, 0.15) is 0 Å². The third kappa shape index (κ3) is 3.43. The summed E-state index contributed by atoms with van der Waals surface area (Å²) in [5.74, 6) is 3.17. The van der Waals surface area contributed by atoms with Crippen LogP contribution in [0.4, 0.5) is 0 Å². The Labute approximate surface area is 131 Å². The van der Waals surface area contributed by atoms with Gasteiger partial charge in [-0.05, 0) is 24.2 Å². The first kappa shape index (κ1) is 14.9. The van der Waals surface area contributed by atoms with E-state index in [9.17, 15) is 4.79 Å². The summed E-state index contributed by atoms with van der Waals surface area (Å²) in [6, 6.07) is 11.3. The van der Waals surface area contributed by atoms with Crippen LogP contribution in [-0.4, -0.2) is 41.9 Å². The van der Waals surface area contributed by atoms with Crippen molar-refractivity contribution in [1.82, 2.24) is 10.2 Å². The van der Waals surface area contributed by atoms with Crippen molar-refractivity contribution in [2.45, 2.75) is 31.3 Å². The van der Waals surface area contributed by atoms with E-state index in [0.29, 0.717) is 18.4 Å². The van der Waals surface area contributed by atoms with Crippen molar-refractivity contribution in [3.63, 3.8) is 0 Å². The van der Waals surface area contributed by atoms with Gasteiger partial charge in [0.15, 0.2) is 0 Å². The molecular weight excluding hydrogens is 280 g/mol. The highest BCUT2D eigenvalue weighted by molar-refractivity contribution is 7.99. The van der Waals surface area contributed by atoms with Gasteiger partial charge in [0.05, 0.1) is 6.04 Å². The SMILES string of the molecule is CN1C(=O)C[C@H](CN[C@H]2CCCSC2)[C@@H]1c1ccccc1. The number of hydrogen-bond acceptors (Lipinski definition) is 3. The molecule has 4 heteroatoms. The Balaban J connectivity index is 1.66. The lowest BCUT2D eigenvalue weighted by Gasteiger charge is -2.28. The highest BCUT2D eigenvalue weighted by atomic mass is 32.2. The van der Waals surface area contributed by atoms with Gasteiger partial charge in [-0.1, -0.05) is 30.3 Å². The molecule has 1 aromatic carbocycles. The second-order valence-electron chi connectivity index (χ2n) is 6.15. The summed E-state index contributed by atoms with van der Waals surface area (Å²) in [5.41, 5.74) is 1.26. The summed E-state index contributed by atoms with van der Waals surface area (Å²) in [5, 5.41) is 3.70. The van der Waals surface area contributed by atoms with Gasteiger partial charge in [0.2, 0.25) is 5.91 Å². The van der Waals surface area contributed by atoms with Gasteiger partial charge in [-0.2, -0.15) is 11.8 Å². The number of likely N-dealkylation sites (tertiary alicyclic amines) is 1. The minimum atomic E-state index is 0.224. The molecule has 0 aromatic heterocycles. The van der Waals surface area contributed by atoms with Gasteiger partial charge in [0.25, 0.3) is 0 Å². The molecule has 21 heavy (non-hydrogen) atoms. The predicted molar refractivity (Wildman–Crippen MR) is 88.4 cm³/mol. The van der Waals surface area contributed by atoms with Crippen molar-refractivity contribution in [2.24, 2.45) is 5.92 Å². The maximum Gasteiger partial charge on any atom is 0.223 e. The Morgan fingerprint density at radius 1 is 1.33 bits per heavy atom. The lowest BCUT2D eigenvalue weighted by molar-refractivity contribution is -0.127. The maximum atomic E-state index is 12.1. The molecule has 1 amide bonds. The van der Waals surface area contributed by atoms with Gasteiger partial charge in [0, 0.05) is 37.7 Å². The quantitative estimate of drug-likeness (QED) is 0.928. The van der Waals surface area contributed by atoms with Crippen LogP contribution in [0, 0.1) is 5.92 Å². The second-order valence-corrected chi connectivity index (χ2v) is 7.30. The minimum absolute atomic E-state index is 0.224.